The molecule has 0 heterocycles. The SMILES string of the molecule is CCCCCCCCCc1ccc(-c2c(-c3ccccc3)ccc(C(=O)OOCCCCCCCC)c2F)cc1F. The van der Waals surface area contributed by atoms with Crippen molar-refractivity contribution in [2.75, 3.05) is 6.61 Å². The van der Waals surface area contributed by atoms with Crippen LogP contribution in [0.15, 0.2) is 60.7 Å². The average Bonchev–Trinajstić information content (AvgIpc) is 2.99. The molecule has 5 heteroatoms. The van der Waals surface area contributed by atoms with E-state index in [4.69, 9.17) is 9.78 Å². The first kappa shape index (κ1) is 32.5. The highest BCUT2D eigenvalue weighted by atomic mass is 19.1. The largest absolute Gasteiger partial charge is 0.376 e. The third-order valence-corrected chi connectivity index (χ3v) is 7.55. The number of carbonyl (C=O) groups is 1. The molecule has 0 aromatic heterocycles. The molecular formula is C36H46F2O3. The Balaban J connectivity index is 1.73. The Morgan fingerprint density at radius 1 is 0.683 bits per heavy atom. The number of hydrogen-bond acceptors (Lipinski definition) is 3. The van der Waals surface area contributed by atoms with Gasteiger partial charge in [0.15, 0.2) is 0 Å². The molecule has 0 fully saturated rings. The highest BCUT2D eigenvalue weighted by molar-refractivity contribution is 5.95. The van der Waals surface area contributed by atoms with E-state index in [0.717, 1.165) is 44.1 Å². The molecule has 0 saturated carbocycles. The van der Waals surface area contributed by atoms with Crippen LogP contribution in [0, 0.1) is 11.6 Å². The van der Waals surface area contributed by atoms with E-state index < -0.39 is 11.8 Å². The Morgan fingerprint density at radius 2 is 1.32 bits per heavy atom. The monoisotopic (exact) mass is 564 g/mol. The molecular weight excluding hydrogens is 518 g/mol. The van der Waals surface area contributed by atoms with Crippen molar-refractivity contribution < 1.29 is 23.4 Å². The van der Waals surface area contributed by atoms with Crippen LogP contribution in [0.3, 0.4) is 0 Å². The zero-order valence-electron chi connectivity index (χ0n) is 24.9. The summed E-state index contributed by atoms with van der Waals surface area (Å²) in [5.41, 5.74) is 2.28. The zero-order valence-corrected chi connectivity index (χ0v) is 24.9. The van der Waals surface area contributed by atoms with Crippen LogP contribution in [-0.4, -0.2) is 12.6 Å². The minimum absolute atomic E-state index is 0.169. The molecule has 0 N–H and O–H groups in total. The topological polar surface area (TPSA) is 35.5 Å². The lowest BCUT2D eigenvalue weighted by atomic mass is 9.91. The fraction of sp³-hybridized carbons (Fsp3) is 0.472. The lowest BCUT2D eigenvalue weighted by molar-refractivity contribution is -0.241. The molecule has 0 amide bonds. The van der Waals surface area contributed by atoms with Gasteiger partial charge in [-0.25, -0.2) is 13.6 Å². The van der Waals surface area contributed by atoms with Gasteiger partial charge in [-0.1, -0.05) is 133 Å². The summed E-state index contributed by atoms with van der Waals surface area (Å²) in [6, 6.07) is 17.3. The van der Waals surface area contributed by atoms with Crippen molar-refractivity contribution in [3.8, 4) is 22.3 Å². The molecule has 0 aliphatic rings. The molecule has 0 saturated heterocycles. The van der Waals surface area contributed by atoms with Crippen LogP contribution in [0.2, 0.25) is 0 Å². The number of rotatable bonds is 19. The smallest absolute Gasteiger partial charge is 0.293 e. The van der Waals surface area contributed by atoms with Crippen molar-refractivity contribution in [3.63, 3.8) is 0 Å². The number of unbranched alkanes of at least 4 members (excludes halogenated alkanes) is 11. The summed E-state index contributed by atoms with van der Waals surface area (Å²) < 4.78 is 31.3. The quantitative estimate of drug-likeness (QED) is 0.0825. The Morgan fingerprint density at radius 3 is 1.98 bits per heavy atom. The molecule has 3 nitrogen and oxygen atoms in total. The molecule has 222 valence electrons. The maximum atomic E-state index is 16.0. The number of halogens is 2. The average molecular weight is 565 g/mol. The van der Waals surface area contributed by atoms with E-state index in [2.05, 4.69) is 13.8 Å². The van der Waals surface area contributed by atoms with Crippen molar-refractivity contribution in [3.05, 3.63) is 83.4 Å². The molecule has 0 spiro atoms. The number of benzene rings is 3. The van der Waals surface area contributed by atoms with Gasteiger partial charge in [0.1, 0.15) is 11.6 Å². The van der Waals surface area contributed by atoms with Crippen LogP contribution in [0.5, 0.6) is 0 Å². The van der Waals surface area contributed by atoms with E-state index in [1.165, 1.54) is 57.1 Å². The second-order valence-electron chi connectivity index (χ2n) is 10.9. The van der Waals surface area contributed by atoms with Crippen molar-refractivity contribution in [2.24, 2.45) is 0 Å². The van der Waals surface area contributed by atoms with E-state index >= 15 is 8.78 Å². The summed E-state index contributed by atoms with van der Waals surface area (Å²) in [5, 5.41) is 0. The van der Waals surface area contributed by atoms with E-state index in [9.17, 15) is 4.79 Å². The van der Waals surface area contributed by atoms with Crippen molar-refractivity contribution in [1.29, 1.82) is 0 Å². The number of aryl methyl sites for hydroxylation is 1. The minimum atomic E-state index is -0.898. The first-order chi connectivity index (χ1) is 20.1. The normalized spacial score (nSPS) is 11.1. The van der Waals surface area contributed by atoms with E-state index in [1.807, 2.05) is 30.3 Å². The Kier molecular flexibility index (Phi) is 14.6. The van der Waals surface area contributed by atoms with E-state index in [1.54, 1.807) is 18.2 Å². The highest BCUT2D eigenvalue weighted by Crippen LogP contribution is 2.37. The third kappa shape index (κ3) is 10.4. The molecule has 0 atom stereocenters. The van der Waals surface area contributed by atoms with E-state index in [0.29, 0.717) is 23.1 Å². The molecule has 0 unspecified atom stereocenters. The third-order valence-electron chi connectivity index (χ3n) is 7.55. The molecule has 0 bridgehead atoms. The standard InChI is InChI=1S/C36H46F2O3/c1-3-5-7-9-11-12-15-21-29-22-23-30(27-33(29)37)34-31(28-19-16-14-17-20-28)24-25-32(35(34)38)36(39)41-40-26-18-13-10-8-6-4-2/h14,16-17,19-20,22-25,27H,3-13,15,18,21,26H2,1-2H3. The first-order valence-corrected chi connectivity index (χ1v) is 15.6. The van der Waals surface area contributed by atoms with Crippen molar-refractivity contribution in [1.82, 2.24) is 0 Å². The summed E-state index contributed by atoms with van der Waals surface area (Å²) in [5.74, 6) is -2.01. The van der Waals surface area contributed by atoms with Gasteiger partial charge in [0, 0.05) is 5.56 Å². The molecule has 0 aliphatic carbocycles. The summed E-state index contributed by atoms with van der Waals surface area (Å²) in [6.07, 6.45) is 15.2. The van der Waals surface area contributed by atoms with Crippen molar-refractivity contribution in [2.45, 2.75) is 104 Å². The molecule has 41 heavy (non-hydrogen) atoms. The van der Waals surface area contributed by atoms with Gasteiger partial charge < -0.3 is 0 Å². The molecule has 3 aromatic rings. The first-order valence-electron chi connectivity index (χ1n) is 15.6. The fourth-order valence-corrected chi connectivity index (χ4v) is 5.13. The van der Waals surface area contributed by atoms with Gasteiger partial charge >= 0.3 is 5.97 Å². The number of carbonyl (C=O) groups excluding carboxylic acids is 1. The Hall–Kier alpha value is -3.05. The maximum absolute atomic E-state index is 16.0. The summed E-state index contributed by atoms with van der Waals surface area (Å²) in [4.78, 5) is 22.8. The van der Waals surface area contributed by atoms with Gasteiger partial charge in [0.05, 0.1) is 12.2 Å². The summed E-state index contributed by atoms with van der Waals surface area (Å²) in [6.45, 7) is 4.64. The zero-order chi connectivity index (χ0) is 29.3. The predicted molar refractivity (Wildman–Crippen MR) is 164 cm³/mol. The lowest BCUT2D eigenvalue weighted by Crippen LogP contribution is -2.10. The van der Waals surface area contributed by atoms with Crippen LogP contribution in [0.25, 0.3) is 22.3 Å². The van der Waals surface area contributed by atoms with Gasteiger partial charge in [-0.2, -0.15) is 4.89 Å². The predicted octanol–water partition coefficient (Wildman–Crippen LogP) is 11.0. The summed E-state index contributed by atoms with van der Waals surface area (Å²) >= 11 is 0. The van der Waals surface area contributed by atoms with Crippen LogP contribution in [-0.2, 0) is 16.2 Å². The lowest BCUT2D eigenvalue weighted by Gasteiger charge is -2.15. The second-order valence-corrected chi connectivity index (χ2v) is 10.9. The number of hydrogen-bond donors (Lipinski definition) is 0. The van der Waals surface area contributed by atoms with Crippen LogP contribution >= 0.6 is 0 Å². The Bertz CT molecular complexity index is 1190. The molecule has 0 radical (unpaired) electrons. The van der Waals surface area contributed by atoms with Crippen molar-refractivity contribution >= 4 is 5.97 Å². The van der Waals surface area contributed by atoms with Crippen LogP contribution in [0.1, 0.15) is 113 Å². The van der Waals surface area contributed by atoms with Crippen LogP contribution in [0.4, 0.5) is 8.78 Å². The van der Waals surface area contributed by atoms with Gasteiger partial charge in [-0.15, -0.1) is 0 Å². The summed E-state index contributed by atoms with van der Waals surface area (Å²) in [7, 11) is 0. The van der Waals surface area contributed by atoms with Gasteiger partial charge in [0.2, 0.25) is 0 Å². The van der Waals surface area contributed by atoms with Gasteiger partial charge in [0.25, 0.3) is 0 Å². The van der Waals surface area contributed by atoms with Gasteiger partial charge in [-0.05, 0) is 53.6 Å². The Labute approximate surface area is 245 Å². The molecule has 3 aromatic carbocycles. The van der Waals surface area contributed by atoms with Crippen LogP contribution < -0.4 is 0 Å². The molecule has 0 aliphatic heterocycles. The van der Waals surface area contributed by atoms with E-state index in [-0.39, 0.29) is 23.6 Å². The van der Waals surface area contributed by atoms with Gasteiger partial charge in [-0.3, -0.25) is 4.89 Å². The maximum Gasteiger partial charge on any atom is 0.376 e. The second kappa shape index (κ2) is 18.4. The minimum Gasteiger partial charge on any atom is -0.293 e. The highest BCUT2D eigenvalue weighted by Gasteiger charge is 2.23. The molecule has 3 rings (SSSR count). The fourth-order valence-electron chi connectivity index (χ4n) is 5.13.